The van der Waals surface area contributed by atoms with Crippen LogP contribution in [0, 0.1) is 0 Å². The molecule has 1 amide bonds. The zero-order valence-electron chi connectivity index (χ0n) is 19.6. The number of alkyl carbamates (subject to hydrolysis) is 1. The van der Waals surface area contributed by atoms with Gasteiger partial charge in [0.05, 0.1) is 6.61 Å². The standard InChI is InChI=1S/C26H35NO5/c1-20(28)22-16-23(18-24(17-22)31-19-21-12-8-7-9-13-21)30-15-11-6-5-10-14-27-25(29)32-26(2,3)4/h7-9,12-13,16-18H,5-6,10-11,14-15,19H2,1-4H3,(H,27,29). The number of Topliss-reactive ketones (excluding diaryl/α,β-unsaturated/α-hetero) is 1. The lowest BCUT2D eigenvalue weighted by molar-refractivity contribution is 0.0526. The Balaban J connectivity index is 1.71. The summed E-state index contributed by atoms with van der Waals surface area (Å²) in [5, 5.41) is 2.76. The number of rotatable bonds is 12. The fourth-order valence-corrected chi connectivity index (χ4v) is 2.96. The van der Waals surface area contributed by atoms with Gasteiger partial charge < -0.3 is 19.5 Å². The number of hydrogen-bond donors (Lipinski definition) is 1. The summed E-state index contributed by atoms with van der Waals surface area (Å²) in [6.07, 6.45) is 3.36. The third-order valence-electron chi connectivity index (χ3n) is 4.54. The maximum absolute atomic E-state index is 11.9. The molecule has 2 rings (SSSR count). The van der Waals surface area contributed by atoms with E-state index < -0.39 is 5.60 Å². The first-order valence-electron chi connectivity index (χ1n) is 11.2. The van der Waals surface area contributed by atoms with Crippen LogP contribution in [-0.2, 0) is 11.3 Å². The highest BCUT2D eigenvalue weighted by Crippen LogP contribution is 2.24. The third-order valence-corrected chi connectivity index (χ3v) is 4.54. The molecule has 0 aromatic heterocycles. The van der Waals surface area contributed by atoms with Crippen LogP contribution < -0.4 is 14.8 Å². The Morgan fingerprint density at radius 3 is 2.19 bits per heavy atom. The van der Waals surface area contributed by atoms with Crippen LogP contribution in [0.2, 0.25) is 0 Å². The van der Waals surface area contributed by atoms with Crippen LogP contribution in [0.25, 0.3) is 0 Å². The van der Waals surface area contributed by atoms with Crippen molar-refractivity contribution in [2.75, 3.05) is 13.2 Å². The van der Waals surface area contributed by atoms with Crippen LogP contribution in [-0.4, -0.2) is 30.6 Å². The molecule has 0 unspecified atom stereocenters. The highest BCUT2D eigenvalue weighted by molar-refractivity contribution is 5.94. The number of nitrogens with one attached hydrogen (secondary N) is 1. The van der Waals surface area contributed by atoms with E-state index in [0.29, 0.717) is 36.8 Å². The van der Waals surface area contributed by atoms with Crippen LogP contribution in [0.3, 0.4) is 0 Å². The van der Waals surface area contributed by atoms with Gasteiger partial charge in [0.1, 0.15) is 23.7 Å². The second-order valence-electron chi connectivity index (χ2n) is 8.71. The molecule has 0 atom stereocenters. The molecule has 1 N–H and O–H groups in total. The zero-order valence-corrected chi connectivity index (χ0v) is 19.6. The molecule has 0 heterocycles. The fourth-order valence-electron chi connectivity index (χ4n) is 2.96. The minimum absolute atomic E-state index is 0.0301. The SMILES string of the molecule is CC(=O)c1cc(OCCCCCCNC(=O)OC(C)(C)C)cc(OCc2ccccc2)c1. The molecule has 0 bridgehead atoms. The molecule has 2 aromatic carbocycles. The van der Waals surface area contributed by atoms with Gasteiger partial charge in [-0.15, -0.1) is 0 Å². The van der Waals surface area contributed by atoms with Gasteiger partial charge in [-0.2, -0.15) is 0 Å². The number of ether oxygens (including phenoxy) is 3. The van der Waals surface area contributed by atoms with E-state index in [1.165, 1.54) is 6.92 Å². The summed E-state index contributed by atoms with van der Waals surface area (Å²) in [6.45, 7) is 8.65. The molecule has 0 saturated heterocycles. The first-order valence-corrected chi connectivity index (χ1v) is 11.2. The summed E-state index contributed by atoms with van der Waals surface area (Å²) < 4.78 is 16.9. The van der Waals surface area contributed by atoms with Gasteiger partial charge in [0, 0.05) is 18.2 Å². The molecular formula is C26H35NO5. The van der Waals surface area contributed by atoms with Crippen molar-refractivity contribution < 1.29 is 23.8 Å². The van der Waals surface area contributed by atoms with Gasteiger partial charge in [-0.3, -0.25) is 4.79 Å². The summed E-state index contributed by atoms with van der Waals surface area (Å²) in [5.41, 5.74) is 1.15. The number of ketones is 1. The molecule has 0 radical (unpaired) electrons. The highest BCUT2D eigenvalue weighted by atomic mass is 16.6. The first kappa shape index (κ1) is 25.2. The number of amides is 1. The van der Waals surface area contributed by atoms with Crippen molar-refractivity contribution in [3.05, 3.63) is 59.7 Å². The number of carbonyl (C=O) groups is 2. The predicted molar refractivity (Wildman–Crippen MR) is 125 cm³/mol. The molecule has 0 saturated carbocycles. The van der Waals surface area contributed by atoms with E-state index in [9.17, 15) is 9.59 Å². The molecule has 174 valence electrons. The second-order valence-corrected chi connectivity index (χ2v) is 8.71. The number of carbonyl (C=O) groups excluding carboxylic acids is 2. The van der Waals surface area contributed by atoms with Crippen molar-refractivity contribution in [3.63, 3.8) is 0 Å². The van der Waals surface area contributed by atoms with E-state index in [4.69, 9.17) is 14.2 Å². The largest absolute Gasteiger partial charge is 0.493 e. The fraction of sp³-hybridized carbons (Fsp3) is 0.462. The average Bonchev–Trinajstić information content (AvgIpc) is 2.73. The Morgan fingerprint density at radius 1 is 0.875 bits per heavy atom. The predicted octanol–water partition coefficient (Wildman–Crippen LogP) is 5.93. The van der Waals surface area contributed by atoms with Gasteiger partial charge in [-0.25, -0.2) is 4.79 Å². The second kappa shape index (κ2) is 12.7. The minimum atomic E-state index is -0.479. The molecular weight excluding hydrogens is 406 g/mol. The Hall–Kier alpha value is -3.02. The lowest BCUT2D eigenvalue weighted by Crippen LogP contribution is -2.32. The maximum Gasteiger partial charge on any atom is 0.407 e. The normalized spacial score (nSPS) is 11.0. The van der Waals surface area contributed by atoms with E-state index >= 15 is 0 Å². The number of hydrogen-bond acceptors (Lipinski definition) is 5. The molecule has 0 aliphatic rings. The molecule has 0 spiro atoms. The Bertz CT molecular complexity index is 858. The lowest BCUT2D eigenvalue weighted by atomic mass is 10.1. The summed E-state index contributed by atoms with van der Waals surface area (Å²) in [6, 6.07) is 15.2. The molecule has 0 aliphatic carbocycles. The van der Waals surface area contributed by atoms with Crippen molar-refractivity contribution >= 4 is 11.9 Å². The highest BCUT2D eigenvalue weighted by Gasteiger charge is 2.15. The monoisotopic (exact) mass is 441 g/mol. The van der Waals surface area contributed by atoms with Crippen molar-refractivity contribution in [3.8, 4) is 11.5 Å². The van der Waals surface area contributed by atoms with E-state index in [2.05, 4.69) is 5.32 Å². The van der Waals surface area contributed by atoms with Crippen LogP contribution in [0.5, 0.6) is 11.5 Å². The lowest BCUT2D eigenvalue weighted by Gasteiger charge is -2.19. The quantitative estimate of drug-likeness (QED) is 0.326. The van der Waals surface area contributed by atoms with Crippen molar-refractivity contribution in [1.82, 2.24) is 5.32 Å². The molecule has 6 heteroatoms. The van der Waals surface area contributed by atoms with Crippen molar-refractivity contribution in [2.45, 2.75) is 65.6 Å². The Kier molecular flexibility index (Phi) is 10.1. The van der Waals surface area contributed by atoms with Crippen LogP contribution in [0.4, 0.5) is 4.79 Å². The molecule has 2 aromatic rings. The van der Waals surface area contributed by atoms with Crippen LogP contribution in [0.15, 0.2) is 48.5 Å². The van der Waals surface area contributed by atoms with Gasteiger partial charge in [-0.05, 0) is 58.2 Å². The maximum atomic E-state index is 11.9. The van der Waals surface area contributed by atoms with Gasteiger partial charge >= 0.3 is 6.09 Å². The number of unbranched alkanes of at least 4 members (excludes halogenated alkanes) is 3. The zero-order chi connectivity index (χ0) is 23.4. The average molecular weight is 442 g/mol. The van der Waals surface area contributed by atoms with Crippen molar-refractivity contribution in [2.24, 2.45) is 0 Å². The molecule has 32 heavy (non-hydrogen) atoms. The van der Waals surface area contributed by atoms with Crippen LogP contribution in [0.1, 0.15) is 69.3 Å². The summed E-state index contributed by atoms with van der Waals surface area (Å²) in [5.74, 6) is 1.22. The van der Waals surface area contributed by atoms with Crippen molar-refractivity contribution in [1.29, 1.82) is 0 Å². The van der Waals surface area contributed by atoms with Gasteiger partial charge in [0.25, 0.3) is 0 Å². The van der Waals surface area contributed by atoms with E-state index in [1.807, 2.05) is 57.2 Å². The van der Waals surface area contributed by atoms with Crippen LogP contribution >= 0.6 is 0 Å². The summed E-state index contributed by atoms with van der Waals surface area (Å²) in [4.78, 5) is 23.5. The first-order chi connectivity index (χ1) is 15.2. The number of benzene rings is 2. The van der Waals surface area contributed by atoms with Gasteiger partial charge in [0.15, 0.2) is 5.78 Å². The molecule has 0 fully saturated rings. The molecule has 6 nitrogen and oxygen atoms in total. The summed E-state index contributed by atoms with van der Waals surface area (Å²) in [7, 11) is 0. The smallest absolute Gasteiger partial charge is 0.407 e. The van der Waals surface area contributed by atoms with E-state index in [0.717, 1.165) is 31.2 Å². The minimum Gasteiger partial charge on any atom is -0.493 e. The summed E-state index contributed by atoms with van der Waals surface area (Å²) >= 11 is 0. The van der Waals surface area contributed by atoms with Gasteiger partial charge in [-0.1, -0.05) is 43.2 Å². The Morgan fingerprint density at radius 2 is 1.53 bits per heavy atom. The third kappa shape index (κ3) is 10.3. The topological polar surface area (TPSA) is 73.9 Å². The molecule has 0 aliphatic heterocycles. The Labute approximate surface area is 191 Å². The van der Waals surface area contributed by atoms with E-state index in [-0.39, 0.29) is 11.9 Å². The van der Waals surface area contributed by atoms with E-state index in [1.54, 1.807) is 12.1 Å². The van der Waals surface area contributed by atoms with Gasteiger partial charge in [0.2, 0.25) is 0 Å².